The molecule has 0 saturated carbocycles. The molecule has 0 atom stereocenters. The molecule has 1 amide bonds. The molecule has 142 valence electrons. The molecule has 8 heteroatoms. The highest BCUT2D eigenvalue weighted by atomic mass is 16.4. The Morgan fingerprint density at radius 1 is 1.14 bits per heavy atom. The Morgan fingerprint density at radius 3 is 2.75 bits per heavy atom. The van der Waals surface area contributed by atoms with Crippen molar-refractivity contribution in [1.82, 2.24) is 30.3 Å². The van der Waals surface area contributed by atoms with Crippen LogP contribution in [0.25, 0.3) is 22.4 Å². The highest BCUT2D eigenvalue weighted by Crippen LogP contribution is 2.25. The lowest BCUT2D eigenvalue weighted by molar-refractivity contribution is -0.122. The van der Waals surface area contributed by atoms with E-state index in [9.17, 15) is 4.79 Å². The number of aromatic nitrogens is 5. The largest absolute Gasteiger partial charge is 0.417 e. The molecule has 0 unspecified atom stereocenters. The van der Waals surface area contributed by atoms with E-state index in [4.69, 9.17) is 4.42 Å². The zero-order chi connectivity index (χ0) is 19.7. The smallest absolute Gasteiger partial charge is 0.266 e. The highest BCUT2D eigenvalue weighted by molar-refractivity contribution is 5.92. The van der Waals surface area contributed by atoms with Gasteiger partial charge in [0, 0.05) is 17.3 Å². The summed E-state index contributed by atoms with van der Waals surface area (Å²) < 4.78 is 7.40. The van der Waals surface area contributed by atoms with Gasteiger partial charge in [-0.1, -0.05) is 24.3 Å². The van der Waals surface area contributed by atoms with Gasteiger partial charge in [-0.3, -0.25) is 14.5 Å². The molecule has 8 nitrogen and oxygen atoms in total. The molecule has 0 saturated heterocycles. The van der Waals surface area contributed by atoms with Gasteiger partial charge in [0.15, 0.2) is 0 Å². The first-order chi connectivity index (χ1) is 13.5. The Labute approximate surface area is 161 Å². The fraction of sp³-hybridized carbons (Fsp3) is 0.250. The van der Waals surface area contributed by atoms with Crippen molar-refractivity contribution in [3.05, 3.63) is 59.4 Å². The zero-order valence-corrected chi connectivity index (χ0v) is 15.9. The summed E-state index contributed by atoms with van der Waals surface area (Å²) in [6.45, 7) is 6.16. The van der Waals surface area contributed by atoms with E-state index in [2.05, 4.69) is 25.6 Å². The number of nitrogens with one attached hydrogen (secondary N) is 1. The van der Waals surface area contributed by atoms with E-state index < -0.39 is 0 Å². The fourth-order valence-electron chi connectivity index (χ4n) is 3.02. The molecule has 1 N–H and O–H groups in total. The summed E-state index contributed by atoms with van der Waals surface area (Å²) >= 11 is 0. The van der Waals surface area contributed by atoms with E-state index >= 15 is 0 Å². The SMILES string of the molecule is Cc1nn(CC(=O)NCc2nnc(-c3nccc4ccccc34)o2)c(C)c1C. The second kappa shape index (κ2) is 7.22. The maximum atomic E-state index is 12.2. The van der Waals surface area contributed by atoms with E-state index in [1.807, 2.05) is 51.1 Å². The maximum absolute atomic E-state index is 12.2. The lowest BCUT2D eigenvalue weighted by atomic mass is 10.1. The van der Waals surface area contributed by atoms with Crippen LogP contribution in [-0.2, 0) is 17.9 Å². The monoisotopic (exact) mass is 376 g/mol. The number of carbonyl (C=O) groups excluding carboxylic acids is 1. The van der Waals surface area contributed by atoms with E-state index in [-0.39, 0.29) is 19.0 Å². The van der Waals surface area contributed by atoms with Crippen LogP contribution in [0.2, 0.25) is 0 Å². The Bertz CT molecular complexity index is 1160. The van der Waals surface area contributed by atoms with Crippen molar-refractivity contribution in [2.24, 2.45) is 0 Å². The third-order valence-corrected chi connectivity index (χ3v) is 4.82. The van der Waals surface area contributed by atoms with Gasteiger partial charge >= 0.3 is 0 Å². The van der Waals surface area contributed by atoms with Crippen LogP contribution in [0, 0.1) is 20.8 Å². The van der Waals surface area contributed by atoms with Crippen LogP contribution in [0.5, 0.6) is 0 Å². The second-order valence-electron chi connectivity index (χ2n) is 6.61. The second-order valence-corrected chi connectivity index (χ2v) is 6.61. The number of carbonyl (C=O) groups is 1. The summed E-state index contributed by atoms with van der Waals surface area (Å²) in [5.74, 6) is 0.478. The summed E-state index contributed by atoms with van der Waals surface area (Å²) in [5.41, 5.74) is 3.63. The van der Waals surface area contributed by atoms with E-state index in [1.54, 1.807) is 10.9 Å². The number of aryl methyl sites for hydroxylation is 1. The number of pyridine rings is 1. The molecule has 28 heavy (non-hydrogen) atoms. The van der Waals surface area contributed by atoms with Crippen molar-refractivity contribution < 1.29 is 9.21 Å². The predicted molar refractivity (Wildman–Crippen MR) is 103 cm³/mol. The first-order valence-corrected chi connectivity index (χ1v) is 8.96. The normalized spacial score (nSPS) is 11.1. The summed E-state index contributed by atoms with van der Waals surface area (Å²) in [6.07, 6.45) is 1.71. The maximum Gasteiger partial charge on any atom is 0.266 e. The van der Waals surface area contributed by atoms with Crippen LogP contribution < -0.4 is 5.32 Å². The number of hydrogen-bond acceptors (Lipinski definition) is 6. The van der Waals surface area contributed by atoms with Gasteiger partial charge in [0.2, 0.25) is 11.8 Å². The molecule has 0 aliphatic rings. The highest BCUT2D eigenvalue weighted by Gasteiger charge is 2.15. The zero-order valence-electron chi connectivity index (χ0n) is 15.9. The average Bonchev–Trinajstić information content (AvgIpc) is 3.27. The summed E-state index contributed by atoms with van der Waals surface area (Å²) in [5, 5.41) is 17.2. The van der Waals surface area contributed by atoms with Crippen LogP contribution in [0.3, 0.4) is 0 Å². The molecule has 0 fully saturated rings. The first-order valence-electron chi connectivity index (χ1n) is 8.96. The molecule has 0 radical (unpaired) electrons. The molecule has 1 aromatic carbocycles. The minimum atomic E-state index is -0.173. The van der Waals surface area contributed by atoms with Crippen LogP contribution in [0.15, 0.2) is 40.9 Å². The third kappa shape index (κ3) is 3.36. The number of benzene rings is 1. The van der Waals surface area contributed by atoms with Gasteiger partial charge in [-0.15, -0.1) is 10.2 Å². The number of rotatable bonds is 5. The Balaban J connectivity index is 1.45. The number of nitrogens with zero attached hydrogens (tertiary/aromatic N) is 5. The molecule has 3 heterocycles. The van der Waals surface area contributed by atoms with Crippen molar-refractivity contribution in [2.75, 3.05) is 0 Å². The topological polar surface area (TPSA) is 98.7 Å². The quantitative estimate of drug-likeness (QED) is 0.575. The molecule has 0 aliphatic heterocycles. The van der Waals surface area contributed by atoms with Gasteiger partial charge in [-0.2, -0.15) is 5.10 Å². The fourth-order valence-corrected chi connectivity index (χ4v) is 3.02. The number of fused-ring (bicyclic) bond motifs is 1. The molecule has 0 spiro atoms. The van der Waals surface area contributed by atoms with Crippen molar-refractivity contribution >= 4 is 16.7 Å². The van der Waals surface area contributed by atoms with E-state index in [1.165, 1.54) is 0 Å². The minimum absolute atomic E-state index is 0.145. The van der Waals surface area contributed by atoms with Gasteiger partial charge in [0.25, 0.3) is 5.89 Å². The molecule has 4 aromatic rings. The van der Waals surface area contributed by atoms with Crippen molar-refractivity contribution in [3.8, 4) is 11.6 Å². The van der Waals surface area contributed by atoms with Crippen LogP contribution in [0.1, 0.15) is 22.8 Å². The summed E-state index contributed by atoms with van der Waals surface area (Å²) in [7, 11) is 0. The summed E-state index contributed by atoms with van der Waals surface area (Å²) in [6, 6.07) is 9.78. The minimum Gasteiger partial charge on any atom is -0.417 e. The predicted octanol–water partition coefficient (Wildman–Crippen LogP) is 2.72. The van der Waals surface area contributed by atoms with E-state index in [0.717, 1.165) is 27.7 Å². The molecular weight excluding hydrogens is 356 g/mol. The molecular formula is C20H20N6O2. The molecule has 0 bridgehead atoms. The molecule has 0 aliphatic carbocycles. The van der Waals surface area contributed by atoms with Crippen molar-refractivity contribution in [3.63, 3.8) is 0 Å². The summed E-state index contributed by atoms with van der Waals surface area (Å²) in [4.78, 5) is 16.6. The Hall–Kier alpha value is -3.55. The Morgan fingerprint density at radius 2 is 1.96 bits per heavy atom. The van der Waals surface area contributed by atoms with Gasteiger partial charge in [-0.25, -0.2) is 0 Å². The third-order valence-electron chi connectivity index (χ3n) is 4.82. The average molecular weight is 376 g/mol. The van der Waals surface area contributed by atoms with Crippen LogP contribution >= 0.6 is 0 Å². The standard InChI is InChI=1S/C20H20N6O2/c1-12-13(2)25-26(14(12)3)11-17(27)22-10-18-23-24-20(28-18)19-16-7-5-4-6-15(16)8-9-21-19/h4-9H,10-11H2,1-3H3,(H,22,27). The van der Waals surface area contributed by atoms with Crippen LogP contribution in [0.4, 0.5) is 0 Å². The van der Waals surface area contributed by atoms with Gasteiger partial charge in [0.1, 0.15) is 12.2 Å². The first kappa shape index (κ1) is 17.8. The van der Waals surface area contributed by atoms with Crippen LogP contribution in [-0.4, -0.2) is 30.9 Å². The van der Waals surface area contributed by atoms with Gasteiger partial charge in [0.05, 0.1) is 12.2 Å². The molecule has 3 aromatic heterocycles. The Kier molecular flexibility index (Phi) is 4.60. The van der Waals surface area contributed by atoms with Gasteiger partial charge < -0.3 is 9.73 Å². The lowest BCUT2D eigenvalue weighted by Gasteiger charge is -2.05. The van der Waals surface area contributed by atoms with Crippen molar-refractivity contribution in [1.29, 1.82) is 0 Å². The van der Waals surface area contributed by atoms with E-state index in [0.29, 0.717) is 17.5 Å². The van der Waals surface area contributed by atoms with Gasteiger partial charge in [-0.05, 0) is 37.8 Å². The number of hydrogen-bond donors (Lipinski definition) is 1. The number of amides is 1. The molecule has 4 rings (SSSR count). The lowest BCUT2D eigenvalue weighted by Crippen LogP contribution is -2.28. The van der Waals surface area contributed by atoms with Crippen molar-refractivity contribution in [2.45, 2.75) is 33.9 Å².